The minimum atomic E-state index is -0.772. The molecule has 3 aromatic carbocycles. The molecular weight excluding hydrogens is 426 g/mol. The number of rotatable bonds is 6. The first kappa shape index (κ1) is 21.5. The van der Waals surface area contributed by atoms with Crippen LogP contribution in [0.4, 0.5) is 0 Å². The molecule has 6 nitrogen and oxygen atoms in total. The largest absolute Gasteiger partial charge is 0.451 e. The van der Waals surface area contributed by atoms with E-state index in [0.29, 0.717) is 16.4 Å². The molecule has 0 fully saturated rings. The van der Waals surface area contributed by atoms with Crippen LogP contribution in [0, 0.1) is 13.8 Å². The van der Waals surface area contributed by atoms with Crippen molar-refractivity contribution in [1.29, 1.82) is 0 Å². The van der Waals surface area contributed by atoms with Gasteiger partial charge in [-0.25, -0.2) is 14.5 Å². The zero-order valence-electron chi connectivity index (χ0n) is 17.6. The number of carbonyl (C=O) groups is 2. The predicted molar refractivity (Wildman–Crippen MR) is 122 cm³/mol. The zero-order valence-corrected chi connectivity index (χ0v) is 18.3. The number of benzene rings is 3. The molecule has 1 aromatic heterocycles. The number of carbonyl (C=O) groups excluding carboxylic acids is 2. The Balaban J connectivity index is 1.60. The highest BCUT2D eigenvalue weighted by Crippen LogP contribution is 2.22. The number of ether oxygens (including phenoxy) is 1. The third kappa shape index (κ3) is 4.76. The van der Waals surface area contributed by atoms with Crippen molar-refractivity contribution in [3.05, 3.63) is 100 Å². The number of nitrogens with zero attached hydrogens (tertiary/aromatic N) is 3. The van der Waals surface area contributed by atoms with Gasteiger partial charge in [-0.05, 0) is 50.2 Å². The molecular formula is C25H20ClN3O3. The number of hydrogen-bond donors (Lipinski definition) is 0. The number of halogens is 1. The van der Waals surface area contributed by atoms with E-state index in [1.807, 2.05) is 62.4 Å². The van der Waals surface area contributed by atoms with Crippen LogP contribution in [-0.4, -0.2) is 33.1 Å². The summed E-state index contributed by atoms with van der Waals surface area (Å²) in [7, 11) is 0. The maximum atomic E-state index is 12.6. The number of Topliss-reactive ketones (excluding diaryl/α,β-unsaturated/α-hetero) is 1. The van der Waals surface area contributed by atoms with E-state index < -0.39 is 12.6 Å². The molecule has 0 aliphatic carbocycles. The smallest absolute Gasteiger partial charge is 0.378 e. The molecule has 0 spiro atoms. The van der Waals surface area contributed by atoms with E-state index >= 15 is 0 Å². The van der Waals surface area contributed by atoms with E-state index in [2.05, 4.69) is 10.1 Å². The van der Waals surface area contributed by atoms with Crippen LogP contribution < -0.4 is 0 Å². The monoisotopic (exact) mass is 445 g/mol. The Kier molecular flexibility index (Phi) is 6.14. The lowest BCUT2D eigenvalue weighted by atomic mass is 10.1. The summed E-state index contributed by atoms with van der Waals surface area (Å²) < 4.78 is 6.79. The summed E-state index contributed by atoms with van der Waals surface area (Å²) in [5, 5.41) is 4.89. The lowest BCUT2D eigenvalue weighted by Crippen LogP contribution is -2.15. The molecule has 7 heteroatoms. The van der Waals surface area contributed by atoms with Crippen molar-refractivity contribution in [1.82, 2.24) is 14.8 Å². The van der Waals surface area contributed by atoms with Crippen LogP contribution in [0.3, 0.4) is 0 Å². The van der Waals surface area contributed by atoms with Gasteiger partial charge in [-0.3, -0.25) is 4.79 Å². The van der Waals surface area contributed by atoms with Crippen LogP contribution in [0.15, 0.2) is 72.8 Å². The van der Waals surface area contributed by atoms with Crippen molar-refractivity contribution in [3.8, 4) is 17.1 Å². The topological polar surface area (TPSA) is 74.1 Å². The third-order valence-corrected chi connectivity index (χ3v) is 5.13. The Bertz CT molecular complexity index is 1200. The van der Waals surface area contributed by atoms with Crippen LogP contribution >= 0.6 is 11.6 Å². The van der Waals surface area contributed by atoms with Gasteiger partial charge in [0.2, 0.25) is 0 Å². The van der Waals surface area contributed by atoms with Crippen molar-refractivity contribution in [3.63, 3.8) is 0 Å². The van der Waals surface area contributed by atoms with Gasteiger partial charge in [-0.2, -0.15) is 0 Å². The van der Waals surface area contributed by atoms with Gasteiger partial charge >= 0.3 is 5.97 Å². The lowest BCUT2D eigenvalue weighted by molar-refractivity contribution is 0.0462. The molecule has 0 N–H and O–H groups in total. The number of aryl methyl sites for hydroxylation is 2. The zero-order chi connectivity index (χ0) is 22.7. The van der Waals surface area contributed by atoms with Gasteiger partial charge in [-0.1, -0.05) is 59.1 Å². The average molecular weight is 446 g/mol. The molecule has 0 bridgehead atoms. The van der Waals surface area contributed by atoms with Gasteiger partial charge in [0.05, 0.1) is 5.69 Å². The predicted octanol–water partition coefficient (Wildman–Crippen LogP) is 5.24. The van der Waals surface area contributed by atoms with Crippen LogP contribution in [0.1, 0.15) is 32.1 Å². The summed E-state index contributed by atoms with van der Waals surface area (Å²) in [5.74, 6) is -0.729. The highest BCUT2D eigenvalue weighted by atomic mass is 35.5. The maximum absolute atomic E-state index is 12.6. The molecule has 0 radical (unpaired) electrons. The SMILES string of the molecule is Cc1ccc(-c2nc(C(=O)OCC(=O)c3ccc(Cl)cc3)nn2-c2ccc(C)cc2)cc1. The van der Waals surface area contributed by atoms with Crippen molar-refractivity contribution in [2.45, 2.75) is 13.8 Å². The number of hydrogen-bond acceptors (Lipinski definition) is 5. The van der Waals surface area contributed by atoms with Gasteiger partial charge in [0.25, 0.3) is 5.82 Å². The first-order valence-electron chi connectivity index (χ1n) is 9.98. The fraction of sp³-hybridized carbons (Fsp3) is 0.120. The molecule has 160 valence electrons. The average Bonchev–Trinajstić information content (AvgIpc) is 3.24. The van der Waals surface area contributed by atoms with E-state index in [9.17, 15) is 9.59 Å². The van der Waals surface area contributed by atoms with Gasteiger partial charge in [-0.15, -0.1) is 5.10 Å². The minimum Gasteiger partial charge on any atom is -0.451 e. The van der Waals surface area contributed by atoms with Crippen molar-refractivity contribution < 1.29 is 14.3 Å². The molecule has 1 heterocycles. The summed E-state index contributed by atoms with van der Waals surface area (Å²) >= 11 is 5.84. The first-order chi connectivity index (χ1) is 15.4. The molecule has 32 heavy (non-hydrogen) atoms. The number of ketones is 1. The van der Waals surface area contributed by atoms with Crippen LogP contribution in [0.25, 0.3) is 17.1 Å². The molecule has 4 aromatic rings. The van der Waals surface area contributed by atoms with Crippen LogP contribution in [0.2, 0.25) is 5.02 Å². The third-order valence-electron chi connectivity index (χ3n) is 4.88. The van der Waals surface area contributed by atoms with E-state index in [4.69, 9.17) is 16.3 Å². The summed E-state index contributed by atoms with van der Waals surface area (Å²) in [6.07, 6.45) is 0. The fourth-order valence-corrected chi connectivity index (χ4v) is 3.19. The normalized spacial score (nSPS) is 10.7. The van der Waals surface area contributed by atoms with Crippen LogP contribution in [-0.2, 0) is 4.74 Å². The summed E-state index contributed by atoms with van der Waals surface area (Å²) in [4.78, 5) is 29.4. The summed E-state index contributed by atoms with van der Waals surface area (Å²) in [6, 6.07) is 21.9. The van der Waals surface area contributed by atoms with Crippen LogP contribution in [0.5, 0.6) is 0 Å². The fourth-order valence-electron chi connectivity index (χ4n) is 3.07. The van der Waals surface area contributed by atoms with Gasteiger partial charge in [0, 0.05) is 16.1 Å². The van der Waals surface area contributed by atoms with Gasteiger partial charge < -0.3 is 4.74 Å². The first-order valence-corrected chi connectivity index (χ1v) is 10.4. The molecule has 0 saturated heterocycles. The summed E-state index contributed by atoms with van der Waals surface area (Å²) in [5.41, 5.74) is 4.18. The second kappa shape index (κ2) is 9.16. The molecule has 0 unspecified atom stereocenters. The Morgan fingerprint density at radius 1 is 0.875 bits per heavy atom. The standard InChI is InChI=1S/C25H20ClN3O3/c1-16-3-7-19(8-4-16)24-27-23(28-29(24)21-13-5-17(2)6-14-21)25(31)32-15-22(30)18-9-11-20(26)12-10-18/h3-14H,15H2,1-2H3. The molecule has 0 saturated carbocycles. The Labute approximate surface area is 190 Å². The van der Waals surface area contributed by atoms with Crippen molar-refractivity contribution in [2.24, 2.45) is 0 Å². The number of esters is 1. The highest BCUT2D eigenvalue weighted by Gasteiger charge is 2.21. The maximum Gasteiger partial charge on any atom is 0.378 e. The Morgan fingerprint density at radius 3 is 2.09 bits per heavy atom. The quantitative estimate of drug-likeness (QED) is 0.299. The second-order valence-corrected chi connectivity index (χ2v) is 7.82. The van der Waals surface area contributed by atoms with E-state index in [1.54, 1.807) is 28.9 Å². The molecule has 4 rings (SSSR count). The molecule has 0 aliphatic rings. The minimum absolute atomic E-state index is 0.120. The van der Waals surface area contributed by atoms with Gasteiger partial charge in [0.1, 0.15) is 0 Å². The number of aromatic nitrogens is 3. The summed E-state index contributed by atoms with van der Waals surface area (Å²) in [6.45, 7) is 3.57. The Hall–Kier alpha value is -3.77. The Morgan fingerprint density at radius 2 is 1.47 bits per heavy atom. The van der Waals surface area contributed by atoms with Crippen molar-refractivity contribution >= 4 is 23.4 Å². The lowest BCUT2D eigenvalue weighted by Gasteiger charge is -2.06. The highest BCUT2D eigenvalue weighted by molar-refractivity contribution is 6.30. The van der Waals surface area contributed by atoms with E-state index in [1.165, 1.54) is 0 Å². The second-order valence-electron chi connectivity index (χ2n) is 7.38. The van der Waals surface area contributed by atoms with E-state index in [-0.39, 0.29) is 11.6 Å². The van der Waals surface area contributed by atoms with E-state index in [0.717, 1.165) is 22.4 Å². The van der Waals surface area contributed by atoms with Gasteiger partial charge in [0.15, 0.2) is 18.2 Å². The van der Waals surface area contributed by atoms with Crippen molar-refractivity contribution in [2.75, 3.05) is 6.61 Å². The molecule has 0 amide bonds. The molecule has 0 aliphatic heterocycles. The molecule has 0 atom stereocenters.